The fourth-order valence-corrected chi connectivity index (χ4v) is 8.14. The van der Waals surface area contributed by atoms with Crippen molar-refractivity contribution < 1.29 is 35.1 Å². The minimum absolute atomic E-state index is 0.0988. The maximum absolute atomic E-state index is 11.9. The normalized spacial score (nSPS) is 58.3. The summed E-state index contributed by atoms with van der Waals surface area (Å²) in [7, 11) is 0. The molecule has 0 aromatic rings. The summed E-state index contributed by atoms with van der Waals surface area (Å²) in [6.07, 6.45) is -0.985. The van der Waals surface area contributed by atoms with E-state index in [1.54, 1.807) is 27.7 Å². The van der Waals surface area contributed by atoms with Gasteiger partial charge in [0, 0.05) is 29.6 Å². The molecule has 0 aromatic heterocycles. The molecule has 4 saturated carbocycles. The molecular weight excluding hydrogens is 376 g/mol. The summed E-state index contributed by atoms with van der Waals surface area (Å²) in [6.45, 7) is 8.20. The predicted molar refractivity (Wildman–Crippen MR) is 104 cm³/mol. The fourth-order valence-electron chi connectivity index (χ4n) is 8.14. The third-order valence-corrected chi connectivity index (χ3v) is 9.52. The van der Waals surface area contributed by atoms with Gasteiger partial charge in [-0.05, 0) is 51.9 Å². The van der Waals surface area contributed by atoms with Crippen LogP contribution in [0.5, 0.6) is 0 Å². The Morgan fingerprint density at radius 1 is 0.966 bits per heavy atom. The number of ether oxygens (including phenoxy) is 1. The first-order valence-corrected chi connectivity index (χ1v) is 10.8. The summed E-state index contributed by atoms with van der Waals surface area (Å²) in [5.41, 5.74) is -6.08. The number of carbonyl (C=O) groups is 1. The number of hydrogen-bond donors (Lipinski definition) is 5. The first kappa shape index (κ1) is 21.5. The van der Waals surface area contributed by atoms with Crippen molar-refractivity contribution in [3.8, 4) is 0 Å². The molecule has 7 heteroatoms. The molecule has 0 saturated heterocycles. The molecule has 2 bridgehead atoms. The number of aliphatic hydroxyl groups is 5. The van der Waals surface area contributed by atoms with Crippen LogP contribution in [0.1, 0.15) is 66.7 Å². The quantitative estimate of drug-likeness (QED) is 0.402. The molecule has 5 N–H and O–H groups in total. The number of aliphatic hydroxyl groups excluding tert-OH is 2. The maximum atomic E-state index is 11.9. The van der Waals surface area contributed by atoms with Crippen molar-refractivity contribution in [2.45, 2.75) is 102 Å². The largest absolute Gasteiger partial charge is 0.462 e. The number of fused-ring (bicyclic) bond motifs is 2. The summed E-state index contributed by atoms with van der Waals surface area (Å²) >= 11 is 0. The lowest BCUT2D eigenvalue weighted by molar-refractivity contribution is -0.202. The Balaban J connectivity index is 1.90. The van der Waals surface area contributed by atoms with Crippen LogP contribution in [0.4, 0.5) is 0 Å². The van der Waals surface area contributed by atoms with Crippen LogP contribution in [0.2, 0.25) is 0 Å². The van der Waals surface area contributed by atoms with Gasteiger partial charge in [0.05, 0.1) is 23.4 Å². The van der Waals surface area contributed by atoms with Crippen molar-refractivity contribution in [3.63, 3.8) is 0 Å². The SMILES string of the molecule is CC(=O)O[C@@H]1[C@H]2CC[C@H]3[C@](C)(O)[C@@H]4C[C@H](O)C(C)(C)[C@@]4(O)[C@@H](O)C[C@@]13C[C@@]2(C)O. The van der Waals surface area contributed by atoms with Crippen LogP contribution in [0.25, 0.3) is 0 Å². The zero-order valence-electron chi connectivity index (χ0n) is 18.1. The molecule has 7 nitrogen and oxygen atoms in total. The lowest BCUT2D eigenvalue weighted by Gasteiger charge is -2.51. The van der Waals surface area contributed by atoms with Crippen molar-refractivity contribution >= 4 is 5.97 Å². The van der Waals surface area contributed by atoms with E-state index in [4.69, 9.17) is 4.74 Å². The van der Waals surface area contributed by atoms with Crippen LogP contribution in [0.15, 0.2) is 0 Å². The second-order valence-corrected chi connectivity index (χ2v) is 11.3. The van der Waals surface area contributed by atoms with Crippen LogP contribution in [-0.2, 0) is 9.53 Å². The highest BCUT2D eigenvalue weighted by atomic mass is 16.5. The molecule has 0 unspecified atom stereocenters. The Labute approximate surface area is 172 Å². The molecule has 0 aliphatic heterocycles. The molecule has 0 radical (unpaired) electrons. The van der Waals surface area contributed by atoms with Crippen molar-refractivity contribution in [3.05, 3.63) is 0 Å². The van der Waals surface area contributed by atoms with E-state index in [0.29, 0.717) is 12.8 Å². The lowest BCUT2D eigenvalue weighted by atomic mass is 9.57. The van der Waals surface area contributed by atoms with Gasteiger partial charge in [0.15, 0.2) is 0 Å². The third-order valence-electron chi connectivity index (χ3n) is 9.52. The Morgan fingerprint density at radius 2 is 1.59 bits per heavy atom. The molecule has 4 aliphatic rings. The summed E-state index contributed by atoms with van der Waals surface area (Å²) in [6, 6.07) is 0. The number of hydrogen-bond acceptors (Lipinski definition) is 7. The fraction of sp³-hybridized carbons (Fsp3) is 0.955. The van der Waals surface area contributed by atoms with E-state index < -0.39 is 57.8 Å². The van der Waals surface area contributed by atoms with Crippen LogP contribution in [0.3, 0.4) is 0 Å². The highest BCUT2D eigenvalue weighted by Crippen LogP contribution is 2.70. The lowest BCUT2D eigenvalue weighted by Crippen LogP contribution is -2.60. The summed E-state index contributed by atoms with van der Waals surface area (Å²) in [5, 5.41) is 57.0. The van der Waals surface area contributed by atoms with Gasteiger partial charge in [0.2, 0.25) is 0 Å². The second-order valence-electron chi connectivity index (χ2n) is 11.3. The van der Waals surface area contributed by atoms with E-state index in [2.05, 4.69) is 0 Å². The monoisotopic (exact) mass is 412 g/mol. The Bertz CT molecular complexity index is 716. The van der Waals surface area contributed by atoms with Crippen LogP contribution in [-0.4, -0.2) is 66.6 Å². The minimum atomic E-state index is -1.70. The minimum Gasteiger partial charge on any atom is -0.462 e. The Kier molecular flexibility index (Phi) is 4.41. The van der Waals surface area contributed by atoms with Crippen LogP contribution in [0, 0.1) is 28.6 Å². The zero-order valence-corrected chi connectivity index (χ0v) is 18.1. The van der Waals surface area contributed by atoms with E-state index in [-0.39, 0.29) is 31.1 Å². The highest BCUT2D eigenvalue weighted by molar-refractivity contribution is 5.66. The molecule has 166 valence electrons. The molecule has 4 rings (SSSR count). The highest BCUT2D eigenvalue weighted by Gasteiger charge is 2.77. The Morgan fingerprint density at radius 3 is 2.17 bits per heavy atom. The van der Waals surface area contributed by atoms with E-state index in [1.807, 2.05) is 0 Å². The average molecular weight is 413 g/mol. The molecule has 0 amide bonds. The summed E-state index contributed by atoms with van der Waals surface area (Å²) in [5.74, 6) is -1.86. The molecule has 4 fully saturated rings. The molecule has 1 spiro atoms. The van der Waals surface area contributed by atoms with Crippen LogP contribution < -0.4 is 0 Å². The van der Waals surface area contributed by atoms with E-state index in [9.17, 15) is 30.3 Å². The molecule has 0 heterocycles. The van der Waals surface area contributed by atoms with Crippen LogP contribution >= 0.6 is 0 Å². The first-order valence-electron chi connectivity index (χ1n) is 10.8. The van der Waals surface area contributed by atoms with Crippen molar-refractivity contribution in [1.82, 2.24) is 0 Å². The predicted octanol–water partition coefficient (Wildman–Crippen LogP) is 0.739. The van der Waals surface area contributed by atoms with Gasteiger partial charge in [0.1, 0.15) is 11.7 Å². The van der Waals surface area contributed by atoms with Gasteiger partial charge in [0.25, 0.3) is 0 Å². The van der Waals surface area contributed by atoms with Gasteiger partial charge in [-0.3, -0.25) is 4.79 Å². The van der Waals surface area contributed by atoms with E-state index in [1.165, 1.54) is 6.92 Å². The van der Waals surface area contributed by atoms with Gasteiger partial charge < -0.3 is 30.3 Å². The van der Waals surface area contributed by atoms with Gasteiger partial charge in [-0.2, -0.15) is 0 Å². The smallest absolute Gasteiger partial charge is 0.302 e. The summed E-state index contributed by atoms with van der Waals surface area (Å²) in [4.78, 5) is 11.9. The third kappa shape index (κ3) is 2.45. The number of rotatable bonds is 1. The standard InChI is InChI=1S/C22H36O7/c1-11(23)29-17-12-6-7-13-20(5,27)14-8-15(24)18(2,3)22(14,28)16(25)9-21(13,17)10-19(12,4)26/h12-17,24-28H,6-10H2,1-5H3/t12-,13+,14+,15+,16+,17-,19-,20+,21+,22+/m1/s1. The van der Waals surface area contributed by atoms with Gasteiger partial charge in [-0.1, -0.05) is 13.8 Å². The van der Waals surface area contributed by atoms with Gasteiger partial charge in [-0.25, -0.2) is 0 Å². The molecule has 29 heavy (non-hydrogen) atoms. The van der Waals surface area contributed by atoms with Crippen molar-refractivity contribution in [2.24, 2.45) is 28.6 Å². The number of esters is 1. The molecule has 4 aliphatic carbocycles. The molecule has 10 atom stereocenters. The van der Waals surface area contributed by atoms with E-state index in [0.717, 1.165) is 0 Å². The Hall–Kier alpha value is -0.730. The van der Waals surface area contributed by atoms with Gasteiger partial charge in [-0.15, -0.1) is 0 Å². The second kappa shape index (κ2) is 5.94. The summed E-state index contributed by atoms with van der Waals surface area (Å²) < 4.78 is 5.75. The average Bonchev–Trinajstić information content (AvgIpc) is 2.80. The van der Waals surface area contributed by atoms with Crippen molar-refractivity contribution in [2.75, 3.05) is 0 Å². The van der Waals surface area contributed by atoms with Crippen molar-refractivity contribution in [1.29, 1.82) is 0 Å². The van der Waals surface area contributed by atoms with Gasteiger partial charge >= 0.3 is 5.97 Å². The number of carbonyl (C=O) groups excluding carboxylic acids is 1. The zero-order chi connectivity index (χ0) is 21.8. The molecule has 0 aromatic carbocycles. The first-order chi connectivity index (χ1) is 13.1. The maximum Gasteiger partial charge on any atom is 0.302 e. The van der Waals surface area contributed by atoms with E-state index >= 15 is 0 Å². The molecular formula is C22H36O7. The topological polar surface area (TPSA) is 127 Å².